The molecule has 6 heavy (non-hydrogen) atoms. The summed E-state index contributed by atoms with van der Waals surface area (Å²) in [6.07, 6.45) is 2.38. The summed E-state index contributed by atoms with van der Waals surface area (Å²) in [6.45, 7) is 5.24. The zero-order valence-electron chi connectivity index (χ0n) is 3.82. The average molecular weight is 83.1 g/mol. The third-order valence-corrected chi connectivity index (χ3v) is 0.571. The Labute approximate surface area is 37.7 Å². The van der Waals surface area contributed by atoms with Crippen molar-refractivity contribution in [1.29, 1.82) is 0 Å². The van der Waals surface area contributed by atoms with Gasteiger partial charge in [0, 0.05) is 0 Å². The van der Waals surface area contributed by atoms with Gasteiger partial charge in [0.05, 0.1) is 0 Å². The molecule has 0 saturated carbocycles. The van der Waals surface area contributed by atoms with Gasteiger partial charge in [0.25, 0.3) is 0 Å². The SMILES string of the molecule is C=C([C]=O)CC. The molecule has 0 amide bonds. The van der Waals surface area contributed by atoms with Crippen molar-refractivity contribution in [3.63, 3.8) is 0 Å². The van der Waals surface area contributed by atoms with Crippen LogP contribution in [0.25, 0.3) is 0 Å². The molecule has 0 spiro atoms. The number of allylic oxidation sites excluding steroid dienone is 1. The largest absolute Gasteiger partial charge is 0.285 e. The fourth-order valence-corrected chi connectivity index (χ4v) is 0.0722. The Morgan fingerprint density at radius 1 is 2.00 bits per heavy atom. The van der Waals surface area contributed by atoms with Gasteiger partial charge < -0.3 is 0 Å². The first-order valence-corrected chi connectivity index (χ1v) is 1.87. The Bertz CT molecular complexity index is 64.3. The molecule has 0 heterocycles. The number of carbonyl (C=O) groups excluding carboxylic acids is 1. The van der Waals surface area contributed by atoms with Crippen LogP contribution in [0.4, 0.5) is 0 Å². The van der Waals surface area contributed by atoms with E-state index in [1.165, 1.54) is 0 Å². The lowest BCUT2D eigenvalue weighted by atomic mass is 10.3. The molecule has 0 aromatic carbocycles. The maximum absolute atomic E-state index is 9.51. The molecule has 0 saturated heterocycles. The second-order valence-electron chi connectivity index (χ2n) is 1.06. The van der Waals surface area contributed by atoms with Crippen molar-refractivity contribution >= 4 is 6.29 Å². The molecule has 0 atom stereocenters. The smallest absolute Gasteiger partial charge is 0.228 e. The first-order chi connectivity index (χ1) is 2.81. The van der Waals surface area contributed by atoms with E-state index in [9.17, 15) is 4.79 Å². The molecular weight excluding hydrogens is 76.1 g/mol. The molecule has 0 aliphatic rings. The maximum Gasteiger partial charge on any atom is 0.228 e. The molecule has 0 unspecified atom stereocenters. The predicted octanol–water partition coefficient (Wildman–Crippen LogP) is 1.06. The molecule has 0 aromatic rings. The lowest BCUT2D eigenvalue weighted by Crippen LogP contribution is -1.73. The van der Waals surface area contributed by atoms with Crippen LogP contribution >= 0.6 is 0 Å². The van der Waals surface area contributed by atoms with Crippen LogP contribution in [0.1, 0.15) is 13.3 Å². The van der Waals surface area contributed by atoms with E-state index in [0.29, 0.717) is 12.0 Å². The van der Waals surface area contributed by atoms with E-state index in [4.69, 9.17) is 0 Å². The quantitative estimate of drug-likeness (QED) is 0.456. The van der Waals surface area contributed by atoms with E-state index in [-0.39, 0.29) is 0 Å². The molecule has 0 aliphatic carbocycles. The molecule has 1 heteroatoms. The Balaban J connectivity index is 3.23. The van der Waals surface area contributed by atoms with Gasteiger partial charge >= 0.3 is 0 Å². The Kier molecular flexibility index (Phi) is 2.38. The van der Waals surface area contributed by atoms with Gasteiger partial charge in [-0.15, -0.1) is 0 Å². The van der Waals surface area contributed by atoms with Crippen molar-refractivity contribution in [3.05, 3.63) is 12.2 Å². The monoisotopic (exact) mass is 83.0 g/mol. The van der Waals surface area contributed by atoms with Gasteiger partial charge in [-0.3, -0.25) is 4.79 Å². The minimum absolute atomic E-state index is 0.537. The van der Waals surface area contributed by atoms with Gasteiger partial charge in [0.2, 0.25) is 6.29 Å². The second-order valence-corrected chi connectivity index (χ2v) is 1.06. The van der Waals surface area contributed by atoms with Gasteiger partial charge in [0.1, 0.15) is 0 Å². The topological polar surface area (TPSA) is 17.1 Å². The summed E-state index contributed by atoms with van der Waals surface area (Å²) in [4.78, 5) is 9.51. The van der Waals surface area contributed by atoms with Crippen molar-refractivity contribution < 1.29 is 4.79 Å². The first-order valence-electron chi connectivity index (χ1n) is 1.87. The van der Waals surface area contributed by atoms with Crippen LogP contribution in [0.2, 0.25) is 0 Å². The molecule has 0 aromatic heterocycles. The van der Waals surface area contributed by atoms with Crippen LogP contribution in [0.5, 0.6) is 0 Å². The fraction of sp³-hybridized carbons (Fsp3) is 0.400. The lowest BCUT2D eigenvalue weighted by Gasteiger charge is -1.77. The van der Waals surface area contributed by atoms with Crippen molar-refractivity contribution in [2.45, 2.75) is 13.3 Å². The van der Waals surface area contributed by atoms with Gasteiger partial charge in [-0.2, -0.15) is 0 Å². The van der Waals surface area contributed by atoms with Crippen LogP contribution in [-0.4, -0.2) is 6.29 Å². The Morgan fingerprint density at radius 3 is 2.50 bits per heavy atom. The van der Waals surface area contributed by atoms with Crippen LogP contribution in [0.15, 0.2) is 12.2 Å². The highest BCUT2D eigenvalue weighted by molar-refractivity contribution is 5.72. The van der Waals surface area contributed by atoms with E-state index in [1.54, 1.807) is 6.29 Å². The summed E-state index contributed by atoms with van der Waals surface area (Å²) in [5.74, 6) is 0. The summed E-state index contributed by atoms with van der Waals surface area (Å²) in [5, 5.41) is 0. The summed E-state index contributed by atoms with van der Waals surface area (Å²) in [7, 11) is 0. The number of hydrogen-bond donors (Lipinski definition) is 0. The van der Waals surface area contributed by atoms with Crippen molar-refractivity contribution in [1.82, 2.24) is 0 Å². The van der Waals surface area contributed by atoms with E-state index >= 15 is 0 Å². The van der Waals surface area contributed by atoms with Crippen molar-refractivity contribution in [2.75, 3.05) is 0 Å². The zero-order chi connectivity index (χ0) is 4.99. The van der Waals surface area contributed by atoms with Crippen LogP contribution in [0.3, 0.4) is 0 Å². The maximum atomic E-state index is 9.51. The van der Waals surface area contributed by atoms with E-state index in [1.807, 2.05) is 6.92 Å². The van der Waals surface area contributed by atoms with Crippen molar-refractivity contribution in [3.8, 4) is 0 Å². The Hall–Kier alpha value is -0.590. The minimum Gasteiger partial charge on any atom is -0.285 e. The highest BCUT2D eigenvalue weighted by atomic mass is 16.1. The zero-order valence-corrected chi connectivity index (χ0v) is 3.82. The standard InChI is InChI=1S/C5H7O/c1-3-5(2)4-6/h2-3H2,1H3. The molecule has 0 bridgehead atoms. The first kappa shape index (κ1) is 5.41. The molecule has 0 rings (SSSR count). The van der Waals surface area contributed by atoms with Crippen LogP contribution < -0.4 is 0 Å². The second kappa shape index (κ2) is 2.64. The number of rotatable bonds is 2. The lowest BCUT2D eigenvalue weighted by molar-refractivity contribution is 0.561. The summed E-state index contributed by atoms with van der Waals surface area (Å²) < 4.78 is 0. The van der Waals surface area contributed by atoms with Crippen molar-refractivity contribution in [2.24, 2.45) is 0 Å². The van der Waals surface area contributed by atoms with Gasteiger partial charge in [0.15, 0.2) is 0 Å². The fourth-order valence-electron chi connectivity index (χ4n) is 0.0722. The van der Waals surface area contributed by atoms with E-state index in [0.717, 1.165) is 0 Å². The van der Waals surface area contributed by atoms with Gasteiger partial charge in [-0.1, -0.05) is 13.5 Å². The van der Waals surface area contributed by atoms with Crippen LogP contribution in [0, 0.1) is 0 Å². The summed E-state index contributed by atoms with van der Waals surface area (Å²) in [5.41, 5.74) is 0.537. The van der Waals surface area contributed by atoms with E-state index < -0.39 is 0 Å². The highest BCUT2D eigenvalue weighted by Crippen LogP contribution is 1.86. The Morgan fingerprint density at radius 2 is 2.50 bits per heavy atom. The molecule has 1 radical (unpaired) electrons. The molecule has 1 nitrogen and oxygen atoms in total. The van der Waals surface area contributed by atoms with Crippen LogP contribution in [-0.2, 0) is 4.79 Å². The highest BCUT2D eigenvalue weighted by Gasteiger charge is 1.80. The molecule has 0 fully saturated rings. The summed E-state index contributed by atoms with van der Waals surface area (Å²) >= 11 is 0. The molecular formula is C5H7O. The predicted molar refractivity (Wildman–Crippen MR) is 25.1 cm³/mol. The van der Waals surface area contributed by atoms with Gasteiger partial charge in [-0.05, 0) is 12.0 Å². The van der Waals surface area contributed by atoms with Gasteiger partial charge in [-0.25, -0.2) is 0 Å². The van der Waals surface area contributed by atoms with E-state index in [2.05, 4.69) is 6.58 Å². The minimum atomic E-state index is 0.537. The molecule has 0 aliphatic heterocycles. The molecule has 0 N–H and O–H groups in total. The average Bonchev–Trinajstić information content (AvgIpc) is 1.65. The summed E-state index contributed by atoms with van der Waals surface area (Å²) in [6, 6.07) is 0. The number of hydrogen-bond acceptors (Lipinski definition) is 1. The normalized spacial score (nSPS) is 7.50. The molecule has 33 valence electrons. The third kappa shape index (κ3) is 1.70. The third-order valence-electron chi connectivity index (χ3n) is 0.571.